The fraction of sp³-hybridized carbons (Fsp3) is 0.588. The van der Waals surface area contributed by atoms with Crippen LogP contribution in [-0.4, -0.2) is 48.9 Å². The Morgan fingerprint density at radius 2 is 2.00 bits per heavy atom. The largest absolute Gasteiger partial charge is 0.341 e. The van der Waals surface area contributed by atoms with Crippen molar-refractivity contribution in [1.82, 2.24) is 9.80 Å². The van der Waals surface area contributed by atoms with Crippen LogP contribution in [0.15, 0.2) is 30.3 Å². The lowest BCUT2D eigenvalue weighted by Crippen LogP contribution is -2.35. The molecule has 0 radical (unpaired) electrons. The molecule has 1 aliphatic rings. The summed E-state index contributed by atoms with van der Waals surface area (Å²) in [7, 11) is 4.17. The van der Waals surface area contributed by atoms with Crippen molar-refractivity contribution in [2.24, 2.45) is 11.7 Å². The molecule has 1 heterocycles. The lowest BCUT2D eigenvalue weighted by atomic mass is 10.0. The normalized spacial score (nSPS) is 23.6. The lowest BCUT2D eigenvalue weighted by Gasteiger charge is -2.22. The van der Waals surface area contributed by atoms with Gasteiger partial charge < -0.3 is 15.5 Å². The number of rotatable bonds is 5. The Balaban J connectivity index is 1.83. The fourth-order valence-corrected chi connectivity index (χ4v) is 3.13. The Bertz CT molecular complexity index is 460. The van der Waals surface area contributed by atoms with Crippen molar-refractivity contribution in [2.75, 3.05) is 27.2 Å². The van der Waals surface area contributed by atoms with Crippen molar-refractivity contribution < 1.29 is 4.79 Å². The molecule has 1 aromatic carbocycles. The van der Waals surface area contributed by atoms with Crippen molar-refractivity contribution in [3.63, 3.8) is 0 Å². The molecule has 3 unspecified atom stereocenters. The van der Waals surface area contributed by atoms with E-state index < -0.39 is 0 Å². The molecule has 116 valence electrons. The molecular weight excluding hydrogens is 262 g/mol. The number of benzene rings is 1. The van der Waals surface area contributed by atoms with Crippen LogP contribution in [0, 0.1) is 5.92 Å². The first-order valence-corrected chi connectivity index (χ1v) is 7.73. The van der Waals surface area contributed by atoms with Crippen molar-refractivity contribution in [2.45, 2.75) is 31.8 Å². The maximum atomic E-state index is 12.3. The molecule has 1 aromatic rings. The fourth-order valence-electron chi connectivity index (χ4n) is 3.13. The van der Waals surface area contributed by atoms with E-state index in [0.29, 0.717) is 24.8 Å². The third-order valence-corrected chi connectivity index (χ3v) is 4.49. The standard InChI is InChI=1S/C17H27N3O/c1-13-11-20(12-16(13)19(2)3)17(21)10-9-15(18)14-7-5-4-6-8-14/h4-8,13,15-16H,9-12,18H2,1-3H3. The zero-order chi connectivity index (χ0) is 15.4. The van der Waals surface area contributed by atoms with Crippen LogP contribution in [0.1, 0.15) is 31.4 Å². The number of amides is 1. The first kappa shape index (κ1) is 16.0. The number of hydrogen-bond acceptors (Lipinski definition) is 3. The quantitative estimate of drug-likeness (QED) is 0.900. The van der Waals surface area contributed by atoms with E-state index in [1.54, 1.807) is 0 Å². The number of likely N-dealkylation sites (tertiary alicyclic amines) is 1. The van der Waals surface area contributed by atoms with Crippen LogP contribution in [0.4, 0.5) is 0 Å². The van der Waals surface area contributed by atoms with Gasteiger partial charge in [0, 0.05) is 31.6 Å². The molecular formula is C17H27N3O. The summed E-state index contributed by atoms with van der Waals surface area (Å²) >= 11 is 0. The molecule has 0 aliphatic carbocycles. The van der Waals surface area contributed by atoms with E-state index in [2.05, 4.69) is 25.9 Å². The van der Waals surface area contributed by atoms with Gasteiger partial charge in [-0.25, -0.2) is 0 Å². The van der Waals surface area contributed by atoms with Crippen LogP contribution in [0.2, 0.25) is 0 Å². The number of hydrogen-bond donors (Lipinski definition) is 1. The molecule has 1 amide bonds. The molecule has 0 aromatic heterocycles. The predicted octanol–water partition coefficient (Wildman–Crippen LogP) is 1.88. The maximum absolute atomic E-state index is 12.3. The maximum Gasteiger partial charge on any atom is 0.222 e. The van der Waals surface area contributed by atoms with E-state index in [-0.39, 0.29) is 11.9 Å². The Labute approximate surface area is 127 Å². The molecule has 0 spiro atoms. The number of carbonyl (C=O) groups excluding carboxylic acids is 1. The van der Waals surface area contributed by atoms with Crippen molar-refractivity contribution in [3.05, 3.63) is 35.9 Å². The SMILES string of the molecule is CC1CN(C(=O)CCC(N)c2ccccc2)CC1N(C)C. The topological polar surface area (TPSA) is 49.6 Å². The molecule has 2 N–H and O–H groups in total. The van der Waals surface area contributed by atoms with E-state index >= 15 is 0 Å². The number of nitrogens with zero attached hydrogens (tertiary/aromatic N) is 2. The second kappa shape index (κ2) is 7.05. The Morgan fingerprint density at radius 3 is 2.57 bits per heavy atom. The molecule has 0 bridgehead atoms. The van der Waals surface area contributed by atoms with Gasteiger partial charge in [0.05, 0.1) is 0 Å². The van der Waals surface area contributed by atoms with Gasteiger partial charge in [-0.3, -0.25) is 4.79 Å². The molecule has 1 saturated heterocycles. The summed E-state index contributed by atoms with van der Waals surface area (Å²) in [6.45, 7) is 3.92. The lowest BCUT2D eigenvalue weighted by molar-refractivity contribution is -0.130. The predicted molar refractivity (Wildman–Crippen MR) is 85.8 cm³/mol. The van der Waals surface area contributed by atoms with Crippen LogP contribution >= 0.6 is 0 Å². The molecule has 4 nitrogen and oxygen atoms in total. The van der Waals surface area contributed by atoms with Gasteiger partial charge in [-0.15, -0.1) is 0 Å². The highest BCUT2D eigenvalue weighted by Crippen LogP contribution is 2.22. The third kappa shape index (κ3) is 4.05. The minimum absolute atomic E-state index is 0.0557. The minimum atomic E-state index is -0.0557. The van der Waals surface area contributed by atoms with Gasteiger partial charge in [0.1, 0.15) is 0 Å². The summed E-state index contributed by atoms with van der Waals surface area (Å²) in [6.07, 6.45) is 1.24. The second-order valence-electron chi connectivity index (χ2n) is 6.36. The Hall–Kier alpha value is -1.39. The summed E-state index contributed by atoms with van der Waals surface area (Å²) in [5.41, 5.74) is 7.27. The molecule has 4 heteroatoms. The van der Waals surface area contributed by atoms with Crippen LogP contribution in [0.25, 0.3) is 0 Å². The summed E-state index contributed by atoms with van der Waals surface area (Å²) in [5, 5.41) is 0. The van der Waals surface area contributed by atoms with Crippen molar-refractivity contribution in [1.29, 1.82) is 0 Å². The monoisotopic (exact) mass is 289 g/mol. The summed E-state index contributed by atoms with van der Waals surface area (Å²) in [4.78, 5) is 16.6. The summed E-state index contributed by atoms with van der Waals surface area (Å²) < 4.78 is 0. The molecule has 1 aliphatic heterocycles. The van der Waals surface area contributed by atoms with Gasteiger partial charge in [0.25, 0.3) is 0 Å². The zero-order valence-electron chi connectivity index (χ0n) is 13.3. The van der Waals surface area contributed by atoms with E-state index in [4.69, 9.17) is 5.73 Å². The third-order valence-electron chi connectivity index (χ3n) is 4.49. The van der Waals surface area contributed by atoms with Gasteiger partial charge in [-0.05, 0) is 32.0 Å². The second-order valence-corrected chi connectivity index (χ2v) is 6.36. The molecule has 2 rings (SSSR count). The highest BCUT2D eigenvalue weighted by molar-refractivity contribution is 5.76. The highest BCUT2D eigenvalue weighted by atomic mass is 16.2. The Kier molecular flexibility index (Phi) is 5.37. The first-order valence-electron chi connectivity index (χ1n) is 7.73. The van der Waals surface area contributed by atoms with Gasteiger partial charge in [0.15, 0.2) is 0 Å². The smallest absolute Gasteiger partial charge is 0.222 e. The van der Waals surface area contributed by atoms with E-state index in [1.165, 1.54) is 0 Å². The average Bonchev–Trinajstić information content (AvgIpc) is 2.87. The van der Waals surface area contributed by atoms with Crippen LogP contribution in [-0.2, 0) is 4.79 Å². The first-order chi connectivity index (χ1) is 9.99. The van der Waals surface area contributed by atoms with E-state index in [9.17, 15) is 4.79 Å². The molecule has 21 heavy (non-hydrogen) atoms. The van der Waals surface area contributed by atoms with Gasteiger partial charge >= 0.3 is 0 Å². The van der Waals surface area contributed by atoms with Gasteiger partial charge in [-0.2, -0.15) is 0 Å². The average molecular weight is 289 g/mol. The molecule has 3 atom stereocenters. The Morgan fingerprint density at radius 1 is 1.33 bits per heavy atom. The van der Waals surface area contributed by atoms with Crippen LogP contribution in [0.3, 0.4) is 0 Å². The summed E-state index contributed by atoms with van der Waals surface area (Å²) in [6, 6.07) is 10.4. The van der Waals surface area contributed by atoms with E-state index in [1.807, 2.05) is 35.2 Å². The van der Waals surface area contributed by atoms with Gasteiger partial charge in [-0.1, -0.05) is 37.3 Å². The highest BCUT2D eigenvalue weighted by Gasteiger charge is 2.33. The van der Waals surface area contributed by atoms with Crippen molar-refractivity contribution in [3.8, 4) is 0 Å². The van der Waals surface area contributed by atoms with Crippen LogP contribution in [0.5, 0.6) is 0 Å². The van der Waals surface area contributed by atoms with Crippen molar-refractivity contribution >= 4 is 5.91 Å². The number of likely N-dealkylation sites (N-methyl/N-ethyl adjacent to an activating group) is 1. The molecule has 1 fully saturated rings. The number of carbonyl (C=O) groups is 1. The van der Waals surface area contributed by atoms with Crippen LogP contribution < -0.4 is 5.73 Å². The molecule has 0 saturated carbocycles. The van der Waals surface area contributed by atoms with E-state index in [0.717, 1.165) is 18.7 Å². The number of nitrogens with two attached hydrogens (primary N) is 1. The minimum Gasteiger partial charge on any atom is -0.341 e. The zero-order valence-corrected chi connectivity index (χ0v) is 13.3. The summed E-state index contributed by atoms with van der Waals surface area (Å²) in [5.74, 6) is 0.768. The van der Waals surface area contributed by atoms with Gasteiger partial charge in [0.2, 0.25) is 5.91 Å².